The second-order valence-corrected chi connectivity index (χ2v) is 6.23. The Bertz CT molecular complexity index is 485. The molecular formula is C16H23ClN2O2. The Kier molecular flexibility index (Phi) is 5.62. The molecule has 0 bridgehead atoms. The molecule has 2 atom stereocenters. The molecule has 1 heterocycles. The van der Waals surface area contributed by atoms with Gasteiger partial charge in [0, 0.05) is 10.7 Å². The summed E-state index contributed by atoms with van der Waals surface area (Å²) in [5.74, 6) is 0.331. The molecule has 0 aliphatic carbocycles. The van der Waals surface area contributed by atoms with E-state index in [1.54, 1.807) is 12.1 Å². The lowest BCUT2D eigenvalue weighted by atomic mass is 9.91. The minimum Gasteiger partial charge on any atom is -0.393 e. The number of nitrogens with one attached hydrogen (secondary N) is 1. The Balaban J connectivity index is 1.88. The Hall–Kier alpha value is -1.10. The van der Waals surface area contributed by atoms with Gasteiger partial charge >= 0.3 is 0 Å². The first kappa shape index (κ1) is 16.3. The van der Waals surface area contributed by atoms with E-state index in [9.17, 15) is 9.90 Å². The maximum absolute atomic E-state index is 12.3. The quantitative estimate of drug-likeness (QED) is 0.899. The average Bonchev–Trinajstić information content (AvgIpc) is 2.46. The lowest BCUT2D eigenvalue weighted by Gasteiger charge is -2.36. The number of likely N-dealkylation sites (tertiary alicyclic amines) is 1. The van der Waals surface area contributed by atoms with Gasteiger partial charge < -0.3 is 10.4 Å². The monoisotopic (exact) mass is 310 g/mol. The molecule has 1 saturated heterocycles. The summed E-state index contributed by atoms with van der Waals surface area (Å²) in [7, 11) is 0. The van der Waals surface area contributed by atoms with E-state index in [4.69, 9.17) is 11.6 Å². The van der Waals surface area contributed by atoms with Crippen LogP contribution in [0.25, 0.3) is 0 Å². The summed E-state index contributed by atoms with van der Waals surface area (Å²) < 4.78 is 0. The third-order valence-electron chi connectivity index (χ3n) is 4.28. The Morgan fingerprint density at radius 1 is 1.38 bits per heavy atom. The molecule has 0 aromatic heterocycles. The Labute approximate surface area is 131 Å². The van der Waals surface area contributed by atoms with Gasteiger partial charge in [-0.15, -0.1) is 0 Å². The molecule has 2 rings (SSSR count). The number of carbonyl (C=O) groups is 1. The molecule has 21 heavy (non-hydrogen) atoms. The lowest BCUT2D eigenvalue weighted by Crippen LogP contribution is -2.47. The predicted molar refractivity (Wildman–Crippen MR) is 85.5 cm³/mol. The van der Waals surface area contributed by atoms with Crippen LogP contribution in [0.15, 0.2) is 24.3 Å². The summed E-state index contributed by atoms with van der Waals surface area (Å²) in [6.07, 6.45) is 1.61. The highest BCUT2D eigenvalue weighted by Crippen LogP contribution is 2.22. The van der Waals surface area contributed by atoms with Gasteiger partial charge in [0.15, 0.2) is 0 Å². The number of amides is 1. The van der Waals surface area contributed by atoms with Gasteiger partial charge in [0.25, 0.3) is 0 Å². The van der Waals surface area contributed by atoms with E-state index in [1.807, 2.05) is 26.0 Å². The van der Waals surface area contributed by atoms with Crippen LogP contribution < -0.4 is 5.32 Å². The van der Waals surface area contributed by atoms with E-state index in [0.717, 1.165) is 31.6 Å². The van der Waals surface area contributed by atoms with Crippen LogP contribution in [0.5, 0.6) is 0 Å². The summed E-state index contributed by atoms with van der Waals surface area (Å²) in [4.78, 5) is 14.5. The van der Waals surface area contributed by atoms with E-state index >= 15 is 0 Å². The topological polar surface area (TPSA) is 52.6 Å². The Morgan fingerprint density at radius 2 is 2.05 bits per heavy atom. The number of benzene rings is 1. The number of carbonyl (C=O) groups excluding carboxylic acids is 1. The van der Waals surface area contributed by atoms with Crippen molar-refractivity contribution in [3.05, 3.63) is 29.3 Å². The van der Waals surface area contributed by atoms with Gasteiger partial charge in [-0.3, -0.25) is 9.69 Å². The second-order valence-electron chi connectivity index (χ2n) is 5.79. The molecule has 116 valence electrons. The predicted octanol–water partition coefficient (Wildman–Crippen LogP) is 2.76. The van der Waals surface area contributed by atoms with Crippen molar-refractivity contribution in [1.82, 2.24) is 4.90 Å². The Morgan fingerprint density at radius 3 is 2.62 bits per heavy atom. The van der Waals surface area contributed by atoms with Crippen molar-refractivity contribution in [2.75, 3.05) is 18.4 Å². The van der Waals surface area contributed by atoms with Crippen LogP contribution >= 0.6 is 11.6 Å². The third kappa shape index (κ3) is 4.43. The molecule has 1 fully saturated rings. The number of hydrogen-bond acceptors (Lipinski definition) is 3. The first-order chi connectivity index (χ1) is 9.97. The fourth-order valence-corrected chi connectivity index (χ4v) is 2.96. The van der Waals surface area contributed by atoms with Crippen molar-refractivity contribution in [1.29, 1.82) is 0 Å². The molecule has 0 radical (unpaired) electrons. The van der Waals surface area contributed by atoms with Crippen molar-refractivity contribution in [2.45, 2.75) is 38.8 Å². The van der Waals surface area contributed by atoms with Crippen molar-refractivity contribution < 1.29 is 9.90 Å². The van der Waals surface area contributed by atoms with E-state index in [0.29, 0.717) is 10.9 Å². The second kappa shape index (κ2) is 7.25. The minimum atomic E-state index is -0.261. The first-order valence-electron chi connectivity index (χ1n) is 7.46. The van der Waals surface area contributed by atoms with Gasteiger partial charge in [0.1, 0.15) is 0 Å². The van der Waals surface area contributed by atoms with Gasteiger partial charge in [-0.25, -0.2) is 0 Å². The van der Waals surface area contributed by atoms with Crippen LogP contribution in [0.2, 0.25) is 5.02 Å². The zero-order chi connectivity index (χ0) is 15.4. The van der Waals surface area contributed by atoms with Crippen LogP contribution in [0.3, 0.4) is 0 Å². The van der Waals surface area contributed by atoms with Crippen LogP contribution in [-0.4, -0.2) is 41.1 Å². The molecular weight excluding hydrogens is 288 g/mol. The lowest BCUT2D eigenvalue weighted by molar-refractivity contribution is -0.121. The molecule has 2 N–H and O–H groups in total. The van der Waals surface area contributed by atoms with Gasteiger partial charge in [-0.2, -0.15) is 0 Å². The number of nitrogens with zero attached hydrogens (tertiary/aromatic N) is 1. The minimum absolute atomic E-state index is 0.0206. The van der Waals surface area contributed by atoms with Crippen LogP contribution in [-0.2, 0) is 4.79 Å². The van der Waals surface area contributed by atoms with Gasteiger partial charge in [-0.05, 0) is 63.9 Å². The molecule has 1 aromatic rings. The normalized spacial score (nSPS) is 20.0. The smallest absolute Gasteiger partial charge is 0.241 e. The molecule has 2 unspecified atom stereocenters. The zero-order valence-corrected chi connectivity index (χ0v) is 13.3. The number of anilines is 1. The molecule has 0 spiro atoms. The highest BCUT2D eigenvalue weighted by molar-refractivity contribution is 6.30. The first-order valence-corrected chi connectivity index (χ1v) is 7.83. The van der Waals surface area contributed by atoms with Crippen molar-refractivity contribution in [2.24, 2.45) is 5.92 Å². The van der Waals surface area contributed by atoms with Gasteiger partial charge in [0.05, 0.1) is 12.1 Å². The zero-order valence-electron chi connectivity index (χ0n) is 12.6. The number of hydrogen-bond donors (Lipinski definition) is 2. The highest BCUT2D eigenvalue weighted by atomic mass is 35.5. The molecule has 1 amide bonds. The summed E-state index contributed by atoms with van der Waals surface area (Å²) in [6.45, 7) is 5.46. The molecule has 0 saturated carbocycles. The van der Waals surface area contributed by atoms with E-state index in [1.165, 1.54) is 0 Å². The van der Waals surface area contributed by atoms with E-state index < -0.39 is 0 Å². The van der Waals surface area contributed by atoms with Crippen LogP contribution in [0.4, 0.5) is 5.69 Å². The largest absolute Gasteiger partial charge is 0.393 e. The fraction of sp³-hybridized carbons (Fsp3) is 0.562. The maximum Gasteiger partial charge on any atom is 0.241 e. The molecule has 5 heteroatoms. The van der Waals surface area contributed by atoms with Crippen molar-refractivity contribution in [3.8, 4) is 0 Å². The highest BCUT2D eigenvalue weighted by Gasteiger charge is 2.28. The maximum atomic E-state index is 12.3. The summed E-state index contributed by atoms with van der Waals surface area (Å²) >= 11 is 5.92. The number of rotatable bonds is 4. The van der Waals surface area contributed by atoms with E-state index in [2.05, 4.69) is 10.2 Å². The number of aliphatic hydroxyl groups excluding tert-OH is 1. The van der Waals surface area contributed by atoms with Gasteiger partial charge in [-0.1, -0.05) is 17.7 Å². The number of piperidine rings is 1. The molecule has 4 nitrogen and oxygen atoms in total. The van der Waals surface area contributed by atoms with Crippen LogP contribution in [0.1, 0.15) is 26.7 Å². The molecule has 1 aliphatic rings. The van der Waals surface area contributed by atoms with Crippen molar-refractivity contribution >= 4 is 23.2 Å². The fourth-order valence-electron chi connectivity index (χ4n) is 2.77. The average molecular weight is 311 g/mol. The standard InChI is InChI=1S/C16H23ClN2O2/c1-11(19-8-6-13(7-9-19)12(2)20)16(21)18-15-5-3-4-14(17)10-15/h3-5,10-13,20H,6-9H2,1-2H3,(H,18,21). The van der Waals surface area contributed by atoms with E-state index in [-0.39, 0.29) is 18.1 Å². The number of aliphatic hydroxyl groups is 1. The summed E-state index contributed by atoms with van der Waals surface area (Å²) in [6, 6.07) is 6.99. The SMILES string of the molecule is CC(O)C1CCN(C(C)C(=O)Nc2cccc(Cl)c2)CC1. The van der Waals surface area contributed by atoms with Gasteiger partial charge in [0.2, 0.25) is 5.91 Å². The summed E-state index contributed by atoms with van der Waals surface area (Å²) in [5, 5.41) is 13.1. The molecule has 1 aliphatic heterocycles. The summed E-state index contributed by atoms with van der Waals surface area (Å²) in [5.41, 5.74) is 0.721. The molecule has 1 aromatic carbocycles. The number of halogens is 1. The third-order valence-corrected chi connectivity index (χ3v) is 4.51. The van der Waals surface area contributed by atoms with Crippen molar-refractivity contribution in [3.63, 3.8) is 0 Å². The van der Waals surface area contributed by atoms with Crippen LogP contribution in [0, 0.1) is 5.92 Å².